The summed E-state index contributed by atoms with van der Waals surface area (Å²) in [7, 11) is 1.78. The van der Waals surface area contributed by atoms with Crippen molar-refractivity contribution in [3.63, 3.8) is 0 Å². The van der Waals surface area contributed by atoms with Gasteiger partial charge in [-0.25, -0.2) is 4.79 Å². The number of carbonyl (C=O) groups excluding carboxylic acids is 1. The van der Waals surface area contributed by atoms with Gasteiger partial charge in [0, 0.05) is 13.1 Å². The number of carbonyl (C=O) groups is 1. The highest BCUT2D eigenvalue weighted by Crippen LogP contribution is 2.31. The summed E-state index contributed by atoms with van der Waals surface area (Å²) in [6.07, 6.45) is 2.30. The summed E-state index contributed by atoms with van der Waals surface area (Å²) in [6.45, 7) is 5.60. The Labute approximate surface area is 124 Å². The molecule has 0 bridgehead atoms. The lowest BCUT2D eigenvalue weighted by molar-refractivity contribution is 0.0210. The van der Waals surface area contributed by atoms with Crippen molar-refractivity contribution in [1.82, 2.24) is 4.90 Å². The third kappa shape index (κ3) is 3.13. The Hall–Kier alpha value is -1.54. The first-order valence-electron chi connectivity index (χ1n) is 6.77. The topological polar surface area (TPSA) is 53.3 Å². The summed E-state index contributed by atoms with van der Waals surface area (Å²) >= 11 is 1.50. The van der Waals surface area contributed by atoms with Crippen LogP contribution in [0.4, 0.5) is 4.79 Å². The number of likely N-dealkylation sites (N-methyl/N-ethyl adjacent to an activating group) is 1. The Morgan fingerprint density at radius 2 is 2.25 bits per heavy atom. The van der Waals surface area contributed by atoms with Gasteiger partial charge in [-0.05, 0) is 56.5 Å². The van der Waals surface area contributed by atoms with E-state index in [1.807, 2.05) is 20.8 Å². The van der Waals surface area contributed by atoms with Crippen molar-refractivity contribution in [2.45, 2.75) is 51.7 Å². The maximum absolute atomic E-state index is 12.1. The van der Waals surface area contributed by atoms with Gasteiger partial charge < -0.3 is 9.64 Å². The van der Waals surface area contributed by atoms with E-state index in [2.05, 4.69) is 11.4 Å². The Morgan fingerprint density at radius 1 is 1.55 bits per heavy atom. The molecule has 4 nitrogen and oxygen atoms in total. The molecule has 0 aromatic carbocycles. The monoisotopic (exact) mass is 292 g/mol. The summed E-state index contributed by atoms with van der Waals surface area (Å²) in [5.41, 5.74) is 1.90. The lowest BCUT2D eigenvalue weighted by Gasteiger charge is -2.33. The van der Waals surface area contributed by atoms with E-state index >= 15 is 0 Å². The van der Waals surface area contributed by atoms with Crippen LogP contribution in [0.15, 0.2) is 5.38 Å². The third-order valence-corrected chi connectivity index (χ3v) is 4.47. The molecule has 1 unspecified atom stereocenters. The number of ether oxygens (including phenoxy) is 1. The third-order valence-electron chi connectivity index (χ3n) is 3.50. The molecular formula is C15H20N2O2S. The SMILES string of the molecule is CN(C(=O)OC(C)(C)C)C1CCc2csc(C#N)c2C1. The van der Waals surface area contributed by atoms with E-state index in [0.29, 0.717) is 0 Å². The number of hydrogen-bond donors (Lipinski definition) is 0. The van der Waals surface area contributed by atoms with E-state index in [0.717, 1.165) is 29.7 Å². The van der Waals surface area contributed by atoms with Crippen LogP contribution in [0.2, 0.25) is 0 Å². The first-order valence-corrected chi connectivity index (χ1v) is 7.65. The van der Waals surface area contributed by atoms with Crippen molar-refractivity contribution in [3.8, 4) is 6.07 Å². The lowest BCUT2D eigenvalue weighted by atomic mass is 9.89. The number of thiophene rings is 1. The number of nitrogens with zero attached hydrogens (tertiary/aromatic N) is 2. The van der Waals surface area contributed by atoms with Crippen molar-refractivity contribution in [2.24, 2.45) is 0 Å². The van der Waals surface area contributed by atoms with Gasteiger partial charge in [0.05, 0.1) is 0 Å². The average Bonchev–Trinajstić information content (AvgIpc) is 2.77. The van der Waals surface area contributed by atoms with Crippen molar-refractivity contribution in [1.29, 1.82) is 5.26 Å². The van der Waals surface area contributed by atoms with Crippen LogP contribution in [0, 0.1) is 11.3 Å². The van der Waals surface area contributed by atoms with Crippen LogP contribution in [0.5, 0.6) is 0 Å². The van der Waals surface area contributed by atoms with Gasteiger partial charge in [-0.1, -0.05) is 0 Å². The maximum atomic E-state index is 12.1. The number of rotatable bonds is 1. The zero-order valence-electron chi connectivity index (χ0n) is 12.4. The van der Waals surface area contributed by atoms with Crippen molar-refractivity contribution >= 4 is 17.4 Å². The van der Waals surface area contributed by atoms with E-state index in [1.165, 1.54) is 16.9 Å². The Bertz CT molecular complexity index is 551. The van der Waals surface area contributed by atoms with Gasteiger partial charge in [0.25, 0.3) is 0 Å². The maximum Gasteiger partial charge on any atom is 0.410 e. The van der Waals surface area contributed by atoms with Crippen LogP contribution in [0.25, 0.3) is 0 Å². The molecule has 0 fully saturated rings. The predicted molar refractivity (Wildman–Crippen MR) is 78.8 cm³/mol. The normalized spacial score (nSPS) is 18.1. The molecule has 1 aromatic rings. The number of hydrogen-bond acceptors (Lipinski definition) is 4. The van der Waals surface area contributed by atoms with Gasteiger partial charge in [-0.3, -0.25) is 0 Å². The standard InChI is InChI=1S/C15H20N2O2S/c1-15(2,3)19-14(18)17(4)11-6-5-10-9-20-13(8-16)12(10)7-11/h9,11H,5-7H2,1-4H3. The molecule has 108 valence electrons. The minimum atomic E-state index is -0.481. The van der Waals surface area contributed by atoms with Crippen LogP contribution in [0.1, 0.15) is 43.2 Å². The van der Waals surface area contributed by atoms with E-state index in [9.17, 15) is 4.79 Å². The van der Waals surface area contributed by atoms with Crippen molar-refractivity contribution < 1.29 is 9.53 Å². The summed E-state index contributed by atoms with van der Waals surface area (Å²) in [5.74, 6) is 0. The van der Waals surface area contributed by atoms with E-state index in [-0.39, 0.29) is 12.1 Å². The molecule has 20 heavy (non-hydrogen) atoms. The highest BCUT2D eigenvalue weighted by Gasteiger charge is 2.30. The second-order valence-electron chi connectivity index (χ2n) is 6.17. The second-order valence-corrected chi connectivity index (χ2v) is 7.05. The summed E-state index contributed by atoms with van der Waals surface area (Å²) < 4.78 is 5.40. The zero-order chi connectivity index (χ0) is 14.9. The minimum Gasteiger partial charge on any atom is -0.444 e. The molecule has 0 radical (unpaired) electrons. The first kappa shape index (κ1) is 14.9. The Kier molecular flexibility index (Phi) is 4.05. The van der Waals surface area contributed by atoms with Gasteiger partial charge in [-0.15, -0.1) is 11.3 Å². The highest BCUT2D eigenvalue weighted by atomic mass is 32.1. The fraction of sp³-hybridized carbons (Fsp3) is 0.600. The molecule has 1 aromatic heterocycles. The molecule has 1 aliphatic rings. The van der Waals surface area contributed by atoms with Gasteiger partial charge in [0.15, 0.2) is 0 Å². The molecule has 1 heterocycles. The number of aryl methyl sites for hydroxylation is 1. The van der Waals surface area contributed by atoms with E-state index in [1.54, 1.807) is 11.9 Å². The highest BCUT2D eigenvalue weighted by molar-refractivity contribution is 7.10. The molecule has 5 heteroatoms. The van der Waals surface area contributed by atoms with Gasteiger partial charge in [0.1, 0.15) is 16.5 Å². The first-order chi connectivity index (χ1) is 9.31. The molecule has 1 amide bonds. The summed E-state index contributed by atoms with van der Waals surface area (Å²) in [4.78, 5) is 14.6. The fourth-order valence-corrected chi connectivity index (χ4v) is 3.35. The van der Waals surface area contributed by atoms with Gasteiger partial charge >= 0.3 is 6.09 Å². The lowest BCUT2D eigenvalue weighted by Crippen LogP contribution is -2.43. The van der Waals surface area contributed by atoms with Crippen LogP contribution in [-0.4, -0.2) is 29.7 Å². The van der Waals surface area contributed by atoms with Gasteiger partial charge in [0.2, 0.25) is 0 Å². The van der Waals surface area contributed by atoms with Crippen molar-refractivity contribution in [2.75, 3.05) is 7.05 Å². The Balaban J connectivity index is 2.09. The summed E-state index contributed by atoms with van der Waals surface area (Å²) in [5, 5.41) is 11.2. The van der Waals surface area contributed by atoms with Crippen LogP contribution >= 0.6 is 11.3 Å². The zero-order valence-corrected chi connectivity index (χ0v) is 13.2. The summed E-state index contributed by atoms with van der Waals surface area (Å²) in [6, 6.07) is 2.36. The van der Waals surface area contributed by atoms with Gasteiger partial charge in [-0.2, -0.15) is 5.26 Å². The number of amides is 1. The Morgan fingerprint density at radius 3 is 2.85 bits per heavy atom. The predicted octanol–water partition coefficient (Wildman–Crippen LogP) is 3.34. The molecule has 0 saturated heterocycles. The quantitative estimate of drug-likeness (QED) is 0.797. The fourth-order valence-electron chi connectivity index (χ4n) is 2.42. The minimum absolute atomic E-state index is 0.110. The van der Waals surface area contributed by atoms with E-state index < -0.39 is 5.60 Å². The van der Waals surface area contributed by atoms with E-state index in [4.69, 9.17) is 10.00 Å². The largest absolute Gasteiger partial charge is 0.444 e. The van der Waals surface area contributed by atoms with Crippen LogP contribution in [0.3, 0.4) is 0 Å². The molecule has 0 saturated carbocycles. The second kappa shape index (κ2) is 5.45. The molecular weight excluding hydrogens is 272 g/mol. The molecule has 2 rings (SSSR count). The molecule has 0 aliphatic heterocycles. The molecule has 0 spiro atoms. The van der Waals surface area contributed by atoms with Crippen molar-refractivity contribution in [3.05, 3.63) is 21.4 Å². The van der Waals surface area contributed by atoms with Crippen LogP contribution in [-0.2, 0) is 17.6 Å². The number of nitriles is 1. The molecule has 0 N–H and O–H groups in total. The smallest absolute Gasteiger partial charge is 0.410 e. The average molecular weight is 292 g/mol. The van der Waals surface area contributed by atoms with Crippen LogP contribution < -0.4 is 0 Å². The molecule has 1 atom stereocenters. The number of fused-ring (bicyclic) bond motifs is 1. The molecule has 1 aliphatic carbocycles.